The maximum absolute atomic E-state index is 6.76. The molecule has 1 fully saturated rings. The monoisotopic (exact) mass is 277 g/mol. The highest BCUT2D eigenvalue weighted by molar-refractivity contribution is 5.44. The molecule has 1 aliphatic rings. The molecule has 0 spiro atoms. The van der Waals surface area contributed by atoms with Crippen LogP contribution in [0.2, 0.25) is 0 Å². The van der Waals surface area contributed by atoms with Crippen LogP contribution in [0.1, 0.15) is 51.0 Å². The van der Waals surface area contributed by atoms with Crippen molar-refractivity contribution in [3.8, 4) is 11.5 Å². The molecule has 0 aromatic heterocycles. The van der Waals surface area contributed by atoms with Crippen LogP contribution in [0.5, 0.6) is 11.5 Å². The molecule has 0 heterocycles. The zero-order chi connectivity index (χ0) is 14.6. The van der Waals surface area contributed by atoms with Crippen molar-refractivity contribution < 1.29 is 9.47 Å². The molecule has 112 valence electrons. The molecule has 0 saturated heterocycles. The third kappa shape index (κ3) is 3.09. The molecule has 1 aromatic rings. The van der Waals surface area contributed by atoms with Gasteiger partial charge in [-0.3, -0.25) is 0 Å². The largest absolute Gasteiger partial charge is 0.497 e. The fourth-order valence-corrected chi connectivity index (χ4v) is 3.32. The van der Waals surface area contributed by atoms with Gasteiger partial charge in [-0.15, -0.1) is 0 Å². The van der Waals surface area contributed by atoms with Gasteiger partial charge in [-0.1, -0.05) is 26.2 Å². The molecule has 0 radical (unpaired) electrons. The lowest BCUT2D eigenvalue weighted by molar-refractivity contribution is 0.338. The molecule has 1 aliphatic carbocycles. The Morgan fingerprint density at radius 2 is 2.00 bits per heavy atom. The lowest BCUT2D eigenvalue weighted by atomic mass is 9.82. The highest BCUT2D eigenvalue weighted by atomic mass is 16.5. The number of nitrogens with two attached hydrogens (primary N) is 1. The Morgan fingerprint density at radius 3 is 2.65 bits per heavy atom. The van der Waals surface area contributed by atoms with Crippen molar-refractivity contribution in [2.75, 3.05) is 14.2 Å². The van der Waals surface area contributed by atoms with Crippen LogP contribution in [-0.4, -0.2) is 14.2 Å². The first-order valence-corrected chi connectivity index (χ1v) is 7.64. The highest BCUT2D eigenvalue weighted by Crippen LogP contribution is 2.41. The molecular formula is C17H27NO2. The quantitative estimate of drug-likeness (QED) is 0.850. The summed E-state index contributed by atoms with van der Waals surface area (Å²) >= 11 is 0. The Morgan fingerprint density at radius 1 is 1.20 bits per heavy atom. The molecule has 1 aromatic carbocycles. The average Bonchev–Trinajstić information content (AvgIpc) is 2.69. The fraction of sp³-hybridized carbons (Fsp3) is 0.647. The normalized spacial score (nSPS) is 26.9. The Labute approximate surface area is 122 Å². The minimum Gasteiger partial charge on any atom is -0.497 e. The molecular weight excluding hydrogens is 250 g/mol. The third-order valence-electron chi connectivity index (χ3n) is 4.75. The first-order chi connectivity index (χ1) is 9.62. The van der Waals surface area contributed by atoms with Gasteiger partial charge in [0.05, 0.1) is 14.2 Å². The van der Waals surface area contributed by atoms with Gasteiger partial charge in [0.15, 0.2) is 0 Å². The molecule has 1 saturated carbocycles. The lowest BCUT2D eigenvalue weighted by Gasteiger charge is -2.30. The van der Waals surface area contributed by atoms with Gasteiger partial charge in [0.25, 0.3) is 0 Å². The van der Waals surface area contributed by atoms with E-state index in [0.29, 0.717) is 0 Å². The summed E-state index contributed by atoms with van der Waals surface area (Å²) < 4.78 is 10.9. The van der Waals surface area contributed by atoms with Crippen LogP contribution in [-0.2, 0) is 5.54 Å². The molecule has 2 N–H and O–H groups in total. The first kappa shape index (κ1) is 15.2. The summed E-state index contributed by atoms with van der Waals surface area (Å²) in [6.45, 7) is 2.28. The smallest absolute Gasteiger partial charge is 0.124 e. The average molecular weight is 277 g/mol. The van der Waals surface area contributed by atoms with Gasteiger partial charge in [0.2, 0.25) is 0 Å². The molecule has 0 bridgehead atoms. The maximum Gasteiger partial charge on any atom is 0.124 e. The Kier molecular flexibility index (Phi) is 4.92. The standard InChI is InChI=1S/C17H27NO2/c1-4-13-6-5-10-17(18,11-9-13)15-12-14(19-2)7-8-16(15)20-3/h7-8,12-13H,4-6,9-11,18H2,1-3H3. The number of rotatable bonds is 4. The highest BCUT2D eigenvalue weighted by Gasteiger charge is 2.33. The predicted molar refractivity (Wildman–Crippen MR) is 82.3 cm³/mol. The molecule has 20 heavy (non-hydrogen) atoms. The van der Waals surface area contributed by atoms with Gasteiger partial charge in [-0.05, 0) is 43.4 Å². The second-order valence-corrected chi connectivity index (χ2v) is 5.93. The van der Waals surface area contributed by atoms with Gasteiger partial charge in [0, 0.05) is 11.1 Å². The number of methoxy groups -OCH3 is 2. The summed E-state index contributed by atoms with van der Waals surface area (Å²) in [6.07, 6.45) is 6.98. The van der Waals surface area contributed by atoms with Crippen LogP contribution in [0.4, 0.5) is 0 Å². The van der Waals surface area contributed by atoms with Crippen molar-refractivity contribution in [1.82, 2.24) is 0 Å². The predicted octanol–water partition coefficient (Wildman–Crippen LogP) is 3.85. The van der Waals surface area contributed by atoms with Crippen LogP contribution in [0.15, 0.2) is 18.2 Å². The minimum absolute atomic E-state index is 0.288. The van der Waals surface area contributed by atoms with E-state index in [2.05, 4.69) is 6.92 Å². The first-order valence-electron chi connectivity index (χ1n) is 7.64. The summed E-state index contributed by atoms with van der Waals surface area (Å²) in [5.74, 6) is 2.54. The topological polar surface area (TPSA) is 44.5 Å². The van der Waals surface area contributed by atoms with Crippen molar-refractivity contribution in [2.45, 2.75) is 51.0 Å². The van der Waals surface area contributed by atoms with Crippen LogP contribution in [0.25, 0.3) is 0 Å². The molecule has 2 unspecified atom stereocenters. The van der Waals surface area contributed by atoms with Crippen LogP contribution < -0.4 is 15.2 Å². The second-order valence-electron chi connectivity index (χ2n) is 5.93. The van der Waals surface area contributed by atoms with Crippen LogP contribution >= 0.6 is 0 Å². The minimum atomic E-state index is -0.288. The SMILES string of the molecule is CCC1CCCC(N)(c2cc(OC)ccc2OC)CC1. The third-order valence-corrected chi connectivity index (χ3v) is 4.75. The second kappa shape index (κ2) is 6.49. The Hall–Kier alpha value is -1.22. The number of hydrogen-bond donors (Lipinski definition) is 1. The maximum atomic E-state index is 6.76. The summed E-state index contributed by atoms with van der Waals surface area (Å²) in [5.41, 5.74) is 7.57. The summed E-state index contributed by atoms with van der Waals surface area (Å²) in [6, 6.07) is 5.94. The van der Waals surface area contributed by atoms with E-state index >= 15 is 0 Å². The summed E-state index contributed by atoms with van der Waals surface area (Å²) in [4.78, 5) is 0. The van der Waals surface area contributed by atoms with Gasteiger partial charge >= 0.3 is 0 Å². The van der Waals surface area contributed by atoms with E-state index < -0.39 is 0 Å². The van der Waals surface area contributed by atoms with Gasteiger partial charge in [-0.2, -0.15) is 0 Å². The van der Waals surface area contributed by atoms with Crippen molar-refractivity contribution in [1.29, 1.82) is 0 Å². The fourth-order valence-electron chi connectivity index (χ4n) is 3.32. The summed E-state index contributed by atoms with van der Waals surface area (Å²) in [5, 5.41) is 0. The molecule has 3 heteroatoms. The van der Waals surface area contributed by atoms with Crippen molar-refractivity contribution in [2.24, 2.45) is 11.7 Å². The Bertz CT molecular complexity index is 447. The molecule has 0 aliphatic heterocycles. The lowest BCUT2D eigenvalue weighted by Crippen LogP contribution is -2.36. The zero-order valence-electron chi connectivity index (χ0n) is 12.9. The molecule has 2 atom stereocenters. The van der Waals surface area contributed by atoms with E-state index in [1.807, 2.05) is 18.2 Å². The zero-order valence-corrected chi connectivity index (χ0v) is 12.9. The van der Waals surface area contributed by atoms with E-state index in [4.69, 9.17) is 15.2 Å². The van der Waals surface area contributed by atoms with Crippen LogP contribution in [0.3, 0.4) is 0 Å². The van der Waals surface area contributed by atoms with Gasteiger partial charge in [-0.25, -0.2) is 0 Å². The van der Waals surface area contributed by atoms with Gasteiger partial charge < -0.3 is 15.2 Å². The van der Waals surface area contributed by atoms with E-state index in [-0.39, 0.29) is 5.54 Å². The van der Waals surface area contributed by atoms with Crippen molar-refractivity contribution in [3.63, 3.8) is 0 Å². The van der Waals surface area contributed by atoms with E-state index in [0.717, 1.165) is 35.8 Å². The summed E-state index contributed by atoms with van der Waals surface area (Å²) in [7, 11) is 3.40. The number of benzene rings is 1. The van der Waals surface area contributed by atoms with Gasteiger partial charge in [0.1, 0.15) is 11.5 Å². The molecule has 0 amide bonds. The number of hydrogen-bond acceptors (Lipinski definition) is 3. The van der Waals surface area contributed by atoms with E-state index in [1.54, 1.807) is 14.2 Å². The molecule has 2 rings (SSSR count). The van der Waals surface area contributed by atoms with Crippen LogP contribution in [0, 0.1) is 5.92 Å². The van der Waals surface area contributed by atoms with Crippen molar-refractivity contribution >= 4 is 0 Å². The van der Waals surface area contributed by atoms with Crippen molar-refractivity contribution in [3.05, 3.63) is 23.8 Å². The van der Waals surface area contributed by atoms with E-state index in [9.17, 15) is 0 Å². The number of ether oxygens (including phenoxy) is 2. The molecule has 3 nitrogen and oxygen atoms in total. The Balaban J connectivity index is 2.32. The van der Waals surface area contributed by atoms with E-state index in [1.165, 1.54) is 25.7 Å².